The molecule has 0 spiro atoms. The zero-order valence-corrected chi connectivity index (χ0v) is 22.1. The van der Waals surface area contributed by atoms with Gasteiger partial charge in [-0.05, 0) is 55.7 Å². The number of nitrogens with one attached hydrogen (secondary N) is 2. The molecule has 2 heterocycles. The number of likely N-dealkylation sites (tertiary alicyclic amines) is 1. The number of carbonyl (C=O) groups is 4. The average molecular weight is 563 g/mol. The Morgan fingerprint density at radius 2 is 1.92 bits per heavy atom. The van der Waals surface area contributed by atoms with E-state index < -0.39 is 48.1 Å². The lowest BCUT2D eigenvalue weighted by Crippen LogP contribution is -2.54. The van der Waals surface area contributed by atoms with Gasteiger partial charge >= 0.3 is 5.97 Å². The average Bonchev–Trinajstić information content (AvgIpc) is 3.51. The molecule has 2 fully saturated rings. The van der Waals surface area contributed by atoms with Gasteiger partial charge < -0.3 is 30.7 Å². The van der Waals surface area contributed by atoms with Gasteiger partial charge in [-0.15, -0.1) is 0 Å². The molecule has 38 heavy (non-hydrogen) atoms. The summed E-state index contributed by atoms with van der Waals surface area (Å²) < 4.78 is 11.0. The molecular formula is C26H28Cl2N4O6. The maximum Gasteiger partial charge on any atom is 0.310 e. The topological polar surface area (TPSA) is 140 Å². The van der Waals surface area contributed by atoms with Gasteiger partial charge in [-0.3, -0.25) is 19.2 Å². The standard InChI is InChI=1S/C26H28Cl2N4O6/c1-14(30-23(34)16-6-9-19(29)18(28)11-16)25(36)32-10-2-3-21(32)24(35)31-20-12-22(33)38-26(20)37-13-15-4-7-17(27)8-5-15/h4-9,11,14,20-21,26H,2-3,10,12-13,29H2,1H3,(H,30,34)(H,31,35). The van der Waals surface area contributed by atoms with Crippen molar-refractivity contribution in [2.75, 3.05) is 12.3 Å². The van der Waals surface area contributed by atoms with Crippen LogP contribution in [0.5, 0.6) is 0 Å². The first-order valence-electron chi connectivity index (χ1n) is 12.1. The predicted octanol–water partition coefficient (Wildman–Crippen LogP) is 2.66. The van der Waals surface area contributed by atoms with Gasteiger partial charge in [0.2, 0.25) is 18.1 Å². The largest absolute Gasteiger partial charge is 0.433 e. The molecule has 202 valence electrons. The molecule has 0 aliphatic carbocycles. The van der Waals surface area contributed by atoms with Crippen LogP contribution in [0.2, 0.25) is 10.0 Å². The van der Waals surface area contributed by atoms with Crippen LogP contribution < -0.4 is 16.4 Å². The van der Waals surface area contributed by atoms with E-state index in [4.69, 9.17) is 38.4 Å². The second-order valence-corrected chi connectivity index (χ2v) is 10.1. The van der Waals surface area contributed by atoms with E-state index in [0.29, 0.717) is 30.1 Å². The summed E-state index contributed by atoms with van der Waals surface area (Å²) in [6.45, 7) is 2.07. The Morgan fingerprint density at radius 3 is 2.63 bits per heavy atom. The SMILES string of the molecule is CC(NC(=O)c1ccc(N)c(Cl)c1)C(=O)N1CCCC1C(=O)NC1CC(=O)OC1OCc1ccc(Cl)cc1. The van der Waals surface area contributed by atoms with Crippen molar-refractivity contribution in [2.45, 2.75) is 57.2 Å². The zero-order valence-electron chi connectivity index (χ0n) is 20.6. The maximum atomic E-state index is 13.2. The van der Waals surface area contributed by atoms with Crippen molar-refractivity contribution in [3.63, 3.8) is 0 Å². The third kappa shape index (κ3) is 6.56. The summed E-state index contributed by atoms with van der Waals surface area (Å²) in [5.74, 6) is -1.79. The molecule has 4 rings (SSSR count). The highest BCUT2D eigenvalue weighted by molar-refractivity contribution is 6.33. The van der Waals surface area contributed by atoms with Crippen LogP contribution in [0.25, 0.3) is 0 Å². The maximum absolute atomic E-state index is 13.2. The number of rotatable bonds is 8. The van der Waals surface area contributed by atoms with Gasteiger partial charge in [-0.25, -0.2) is 0 Å². The zero-order chi connectivity index (χ0) is 27.4. The molecular weight excluding hydrogens is 535 g/mol. The normalized spacial score (nSPS) is 21.6. The number of anilines is 1. The summed E-state index contributed by atoms with van der Waals surface area (Å²) in [6, 6.07) is 9.12. The fourth-order valence-corrected chi connectivity index (χ4v) is 4.71. The van der Waals surface area contributed by atoms with Crippen molar-refractivity contribution in [1.29, 1.82) is 0 Å². The van der Waals surface area contributed by atoms with Crippen molar-refractivity contribution in [3.8, 4) is 0 Å². The first-order chi connectivity index (χ1) is 18.1. The quantitative estimate of drug-likeness (QED) is 0.332. The van der Waals surface area contributed by atoms with Gasteiger partial charge in [-0.1, -0.05) is 35.3 Å². The van der Waals surface area contributed by atoms with E-state index in [-0.39, 0.29) is 23.6 Å². The monoisotopic (exact) mass is 562 g/mol. The fourth-order valence-electron chi connectivity index (χ4n) is 4.40. The Kier molecular flexibility index (Phi) is 8.76. The van der Waals surface area contributed by atoms with Crippen molar-refractivity contribution < 1.29 is 28.7 Å². The van der Waals surface area contributed by atoms with E-state index in [2.05, 4.69) is 10.6 Å². The smallest absolute Gasteiger partial charge is 0.310 e. The molecule has 0 aromatic heterocycles. The third-order valence-corrected chi connectivity index (χ3v) is 7.02. The lowest BCUT2D eigenvalue weighted by Gasteiger charge is -2.28. The molecule has 0 radical (unpaired) electrons. The Labute approximate surface area is 229 Å². The number of amides is 3. The minimum absolute atomic E-state index is 0.0473. The lowest BCUT2D eigenvalue weighted by atomic mass is 10.1. The summed E-state index contributed by atoms with van der Waals surface area (Å²) in [6.07, 6.45) is 0.0599. The molecule has 12 heteroatoms. The number of ether oxygens (including phenoxy) is 2. The summed E-state index contributed by atoms with van der Waals surface area (Å²) >= 11 is 11.9. The van der Waals surface area contributed by atoms with Crippen LogP contribution in [-0.4, -0.2) is 59.6 Å². The van der Waals surface area contributed by atoms with Gasteiger partial charge in [0.05, 0.1) is 23.7 Å². The highest BCUT2D eigenvalue weighted by Gasteiger charge is 2.41. The number of hydrogen-bond donors (Lipinski definition) is 3. The minimum atomic E-state index is -0.961. The lowest BCUT2D eigenvalue weighted by molar-refractivity contribution is -0.168. The summed E-state index contributed by atoms with van der Waals surface area (Å²) in [7, 11) is 0. The van der Waals surface area contributed by atoms with E-state index in [1.165, 1.54) is 23.1 Å². The number of hydrogen-bond acceptors (Lipinski definition) is 7. The number of esters is 1. The van der Waals surface area contributed by atoms with Crippen LogP contribution in [0, 0.1) is 0 Å². The van der Waals surface area contributed by atoms with E-state index in [1.807, 2.05) is 0 Å². The molecule has 3 amide bonds. The van der Waals surface area contributed by atoms with E-state index in [0.717, 1.165) is 5.56 Å². The number of carbonyl (C=O) groups excluding carboxylic acids is 4. The van der Waals surface area contributed by atoms with Crippen molar-refractivity contribution in [1.82, 2.24) is 15.5 Å². The second kappa shape index (κ2) is 12.0. The third-order valence-electron chi connectivity index (χ3n) is 6.44. The highest BCUT2D eigenvalue weighted by Crippen LogP contribution is 2.23. The molecule has 2 aliphatic rings. The van der Waals surface area contributed by atoms with Crippen LogP contribution in [0.4, 0.5) is 5.69 Å². The van der Waals surface area contributed by atoms with E-state index in [1.54, 1.807) is 31.2 Å². The molecule has 2 aliphatic heterocycles. The number of nitrogens with zero attached hydrogens (tertiary/aromatic N) is 1. The second-order valence-electron chi connectivity index (χ2n) is 9.24. The van der Waals surface area contributed by atoms with Gasteiger partial charge in [0.1, 0.15) is 18.1 Å². The van der Waals surface area contributed by atoms with Crippen LogP contribution in [0.1, 0.15) is 42.1 Å². The number of halogens is 2. The Morgan fingerprint density at radius 1 is 1.18 bits per heavy atom. The van der Waals surface area contributed by atoms with Crippen LogP contribution in [0.3, 0.4) is 0 Å². The van der Waals surface area contributed by atoms with Gasteiger partial charge in [0.25, 0.3) is 5.91 Å². The van der Waals surface area contributed by atoms with Crippen LogP contribution >= 0.6 is 23.2 Å². The predicted molar refractivity (Wildman–Crippen MR) is 140 cm³/mol. The first-order valence-corrected chi connectivity index (χ1v) is 12.9. The Balaban J connectivity index is 1.34. The molecule has 2 aromatic rings. The molecule has 4 unspecified atom stereocenters. The van der Waals surface area contributed by atoms with Crippen molar-refractivity contribution >= 4 is 52.6 Å². The number of cyclic esters (lactones) is 1. The molecule has 0 saturated carbocycles. The van der Waals surface area contributed by atoms with E-state index in [9.17, 15) is 19.2 Å². The molecule has 0 bridgehead atoms. The number of nitrogens with two attached hydrogens (primary N) is 1. The van der Waals surface area contributed by atoms with Crippen LogP contribution in [0.15, 0.2) is 42.5 Å². The van der Waals surface area contributed by atoms with Gasteiger partial charge in [-0.2, -0.15) is 0 Å². The minimum Gasteiger partial charge on any atom is -0.433 e. The molecule has 2 aromatic carbocycles. The Hall–Kier alpha value is -3.34. The summed E-state index contributed by atoms with van der Waals surface area (Å²) in [5, 5.41) is 6.28. The molecule has 4 N–H and O–H groups in total. The highest BCUT2D eigenvalue weighted by atomic mass is 35.5. The Bertz CT molecular complexity index is 1220. The number of nitrogen functional groups attached to an aromatic ring is 1. The van der Waals surface area contributed by atoms with E-state index >= 15 is 0 Å². The van der Waals surface area contributed by atoms with Crippen molar-refractivity contribution in [2.24, 2.45) is 0 Å². The summed E-state index contributed by atoms with van der Waals surface area (Å²) in [4.78, 5) is 52.3. The summed E-state index contributed by atoms with van der Waals surface area (Å²) in [5.41, 5.74) is 7.11. The van der Waals surface area contributed by atoms with Crippen molar-refractivity contribution in [3.05, 3.63) is 63.6 Å². The molecule has 4 atom stereocenters. The fraction of sp³-hybridized carbons (Fsp3) is 0.385. The van der Waals surface area contributed by atoms with Gasteiger partial charge in [0.15, 0.2) is 0 Å². The van der Waals surface area contributed by atoms with Crippen LogP contribution in [-0.2, 0) is 30.5 Å². The van der Waals surface area contributed by atoms with Gasteiger partial charge in [0, 0.05) is 17.1 Å². The first kappa shape index (κ1) is 27.7. The number of benzene rings is 2. The molecule has 10 nitrogen and oxygen atoms in total. The molecule has 2 saturated heterocycles.